The Morgan fingerprint density at radius 2 is 1.25 bits per heavy atom. The highest BCUT2D eigenvalue weighted by molar-refractivity contribution is 5.94. The van der Waals surface area contributed by atoms with Gasteiger partial charge in [0.25, 0.3) is 5.91 Å². The summed E-state index contributed by atoms with van der Waals surface area (Å²) in [6, 6.07) is 8.23. The number of nitrogens with zero attached hydrogens (tertiary/aromatic N) is 1. The van der Waals surface area contributed by atoms with Gasteiger partial charge < -0.3 is 4.90 Å². The van der Waals surface area contributed by atoms with Crippen LogP contribution in [0.5, 0.6) is 0 Å². The van der Waals surface area contributed by atoms with Crippen molar-refractivity contribution in [1.29, 1.82) is 0 Å². The van der Waals surface area contributed by atoms with E-state index in [-0.39, 0.29) is 5.91 Å². The van der Waals surface area contributed by atoms with Crippen molar-refractivity contribution in [2.75, 3.05) is 13.1 Å². The monoisotopic (exact) mass is 331 g/mol. The zero-order valence-corrected chi connectivity index (χ0v) is 16.2. The largest absolute Gasteiger partial charge is 0.339 e. The van der Waals surface area contributed by atoms with Gasteiger partial charge in [-0.2, -0.15) is 0 Å². The van der Waals surface area contributed by atoms with Crippen LogP contribution in [-0.4, -0.2) is 23.9 Å². The van der Waals surface area contributed by atoms with E-state index in [1.807, 2.05) is 30.9 Å². The van der Waals surface area contributed by atoms with Crippen molar-refractivity contribution in [2.45, 2.75) is 85.0 Å². The highest BCUT2D eigenvalue weighted by Crippen LogP contribution is 2.13. The Kier molecular flexibility index (Phi) is 11.3. The third kappa shape index (κ3) is 7.99. The molecule has 0 aliphatic carbocycles. The summed E-state index contributed by atoms with van der Waals surface area (Å²) >= 11 is 0. The van der Waals surface area contributed by atoms with Gasteiger partial charge in [-0.1, -0.05) is 70.4 Å². The predicted molar refractivity (Wildman–Crippen MR) is 105 cm³/mol. The van der Waals surface area contributed by atoms with Gasteiger partial charge in [-0.25, -0.2) is 0 Å². The van der Waals surface area contributed by atoms with Crippen LogP contribution in [0.2, 0.25) is 0 Å². The van der Waals surface area contributed by atoms with E-state index < -0.39 is 0 Å². The van der Waals surface area contributed by atoms with E-state index in [0.29, 0.717) is 0 Å². The number of aryl methyl sites for hydroxylation is 1. The maximum Gasteiger partial charge on any atom is 0.253 e. The third-order valence-corrected chi connectivity index (χ3v) is 4.82. The molecule has 0 spiro atoms. The molecule has 0 radical (unpaired) electrons. The molecule has 0 saturated heterocycles. The van der Waals surface area contributed by atoms with E-state index in [1.165, 1.54) is 63.4 Å². The van der Waals surface area contributed by atoms with E-state index >= 15 is 0 Å². The molecule has 136 valence electrons. The molecule has 0 saturated carbocycles. The van der Waals surface area contributed by atoms with Gasteiger partial charge in [-0.05, 0) is 44.4 Å². The van der Waals surface area contributed by atoms with E-state index in [4.69, 9.17) is 0 Å². The number of rotatable bonds is 13. The number of carbonyl (C=O) groups excluding carboxylic acids is 1. The summed E-state index contributed by atoms with van der Waals surface area (Å²) in [5, 5.41) is 0. The molecule has 2 nitrogen and oxygen atoms in total. The van der Waals surface area contributed by atoms with Gasteiger partial charge in [0, 0.05) is 18.7 Å². The van der Waals surface area contributed by atoms with Gasteiger partial charge >= 0.3 is 0 Å². The second kappa shape index (κ2) is 13.0. The first-order valence-corrected chi connectivity index (χ1v) is 10.1. The van der Waals surface area contributed by atoms with Crippen molar-refractivity contribution in [3.05, 3.63) is 35.4 Å². The lowest BCUT2D eigenvalue weighted by Crippen LogP contribution is -2.30. The van der Waals surface area contributed by atoms with Gasteiger partial charge in [0.1, 0.15) is 0 Å². The van der Waals surface area contributed by atoms with E-state index in [2.05, 4.69) is 19.1 Å². The van der Waals surface area contributed by atoms with Crippen LogP contribution in [0, 0.1) is 0 Å². The first kappa shape index (κ1) is 20.7. The average Bonchev–Trinajstić information content (AvgIpc) is 2.62. The Balaban J connectivity index is 2.19. The van der Waals surface area contributed by atoms with Crippen molar-refractivity contribution >= 4 is 5.91 Å². The molecular weight excluding hydrogens is 294 g/mol. The highest BCUT2D eigenvalue weighted by atomic mass is 16.2. The summed E-state index contributed by atoms with van der Waals surface area (Å²) in [5.74, 6) is 0.148. The molecule has 0 heterocycles. The number of amides is 1. The number of hydrogen-bond donors (Lipinski definition) is 0. The van der Waals surface area contributed by atoms with Crippen molar-refractivity contribution in [3.8, 4) is 0 Å². The van der Waals surface area contributed by atoms with Crippen LogP contribution in [0.4, 0.5) is 0 Å². The molecule has 0 atom stereocenters. The number of unbranched alkanes of at least 4 members (excludes halogenated alkanes) is 8. The van der Waals surface area contributed by atoms with Crippen molar-refractivity contribution in [3.63, 3.8) is 0 Å². The summed E-state index contributed by atoms with van der Waals surface area (Å²) in [6.07, 6.45) is 13.4. The molecule has 2 heteroatoms. The van der Waals surface area contributed by atoms with Crippen LogP contribution >= 0.6 is 0 Å². The zero-order chi connectivity index (χ0) is 17.6. The summed E-state index contributed by atoms with van der Waals surface area (Å²) in [5.41, 5.74) is 2.17. The van der Waals surface area contributed by atoms with Crippen molar-refractivity contribution in [2.24, 2.45) is 0 Å². The van der Waals surface area contributed by atoms with Gasteiger partial charge in [-0.15, -0.1) is 0 Å². The Bertz CT molecular complexity index is 434. The smallest absolute Gasteiger partial charge is 0.253 e. The SMILES string of the molecule is CCCCCCCCCCCc1ccc(C(=O)N(CC)CC)cc1. The summed E-state index contributed by atoms with van der Waals surface area (Å²) < 4.78 is 0. The number of benzene rings is 1. The maximum atomic E-state index is 12.3. The third-order valence-electron chi connectivity index (χ3n) is 4.82. The quantitative estimate of drug-likeness (QED) is 0.392. The minimum Gasteiger partial charge on any atom is -0.339 e. The molecule has 0 bridgehead atoms. The van der Waals surface area contributed by atoms with Crippen LogP contribution in [0.25, 0.3) is 0 Å². The minimum absolute atomic E-state index is 0.148. The van der Waals surface area contributed by atoms with E-state index in [1.54, 1.807) is 0 Å². The molecule has 0 aliphatic heterocycles. The predicted octanol–water partition coefficient (Wildman–Crippen LogP) is 6.24. The summed E-state index contributed by atoms with van der Waals surface area (Å²) in [4.78, 5) is 14.1. The molecule has 0 unspecified atom stereocenters. The van der Waals surface area contributed by atoms with Crippen LogP contribution in [0.1, 0.15) is 94.5 Å². The van der Waals surface area contributed by atoms with Gasteiger partial charge in [0.15, 0.2) is 0 Å². The second-order valence-electron chi connectivity index (χ2n) is 6.75. The molecular formula is C22H37NO. The van der Waals surface area contributed by atoms with Crippen LogP contribution in [-0.2, 0) is 6.42 Å². The standard InChI is InChI=1S/C22H37NO/c1-4-7-8-9-10-11-12-13-14-15-20-16-18-21(19-17-20)22(24)23(5-2)6-3/h16-19H,4-15H2,1-3H3. The normalized spacial score (nSPS) is 10.8. The molecule has 1 rings (SSSR count). The first-order chi connectivity index (χ1) is 11.7. The summed E-state index contributed by atoms with van der Waals surface area (Å²) in [7, 11) is 0. The topological polar surface area (TPSA) is 20.3 Å². The lowest BCUT2D eigenvalue weighted by molar-refractivity contribution is 0.0773. The molecule has 24 heavy (non-hydrogen) atoms. The molecule has 0 aliphatic rings. The van der Waals surface area contributed by atoms with Crippen molar-refractivity contribution in [1.82, 2.24) is 4.90 Å². The second-order valence-corrected chi connectivity index (χ2v) is 6.75. The Labute approximate surface area is 149 Å². The number of carbonyl (C=O) groups is 1. The van der Waals surface area contributed by atoms with Crippen LogP contribution in [0.3, 0.4) is 0 Å². The fourth-order valence-corrected chi connectivity index (χ4v) is 3.15. The molecule has 1 amide bonds. The lowest BCUT2D eigenvalue weighted by atomic mass is 10.0. The molecule has 1 aromatic carbocycles. The molecule has 0 fully saturated rings. The highest BCUT2D eigenvalue weighted by Gasteiger charge is 2.11. The molecule has 0 aromatic heterocycles. The zero-order valence-electron chi connectivity index (χ0n) is 16.2. The van der Waals surface area contributed by atoms with Gasteiger partial charge in [0.05, 0.1) is 0 Å². The van der Waals surface area contributed by atoms with Crippen molar-refractivity contribution < 1.29 is 4.79 Å². The minimum atomic E-state index is 0.148. The molecule has 0 N–H and O–H groups in total. The molecule has 1 aromatic rings. The van der Waals surface area contributed by atoms with E-state index in [0.717, 1.165) is 25.1 Å². The van der Waals surface area contributed by atoms with Gasteiger partial charge in [-0.3, -0.25) is 4.79 Å². The van der Waals surface area contributed by atoms with Crippen LogP contribution < -0.4 is 0 Å². The van der Waals surface area contributed by atoms with E-state index in [9.17, 15) is 4.79 Å². The first-order valence-electron chi connectivity index (χ1n) is 10.1. The summed E-state index contributed by atoms with van der Waals surface area (Å²) in [6.45, 7) is 7.87. The fourth-order valence-electron chi connectivity index (χ4n) is 3.15. The average molecular weight is 332 g/mol. The lowest BCUT2D eigenvalue weighted by Gasteiger charge is -2.18. The fraction of sp³-hybridized carbons (Fsp3) is 0.682. The Hall–Kier alpha value is -1.31. The Morgan fingerprint density at radius 3 is 1.75 bits per heavy atom. The maximum absolute atomic E-state index is 12.3. The van der Waals surface area contributed by atoms with Crippen LogP contribution in [0.15, 0.2) is 24.3 Å². The Morgan fingerprint density at radius 1 is 0.750 bits per heavy atom. The number of hydrogen-bond acceptors (Lipinski definition) is 1. The van der Waals surface area contributed by atoms with Gasteiger partial charge in [0.2, 0.25) is 0 Å².